The Morgan fingerprint density at radius 3 is 2.66 bits per heavy atom. The van der Waals surface area contributed by atoms with E-state index in [0.29, 0.717) is 16.5 Å². The number of ether oxygens (including phenoxy) is 1. The lowest BCUT2D eigenvalue weighted by Gasteiger charge is -2.24. The third-order valence-corrected chi connectivity index (χ3v) is 6.95. The fourth-order valence-electron chi connectivity index (χ4n) is 3.65. The zero-order valence-electron chi connectivity index (χ0n) is 19.4. The second-order valence-electron chi connectivity index (χ2n) is 8.22. The van der Waals surface area contributed by atoms with Gasteiger partial charge in [-0.05, 0) is 37.6 Å². The zero-order chi connectivity index (χ0) is 25.2. The van der Waals surface area contributed by atoms with Gasteiger partial charge in [0.15, 0.2) is 5.13 Å². The van der Waals surface area contributed by atoms with Crippen LogP contribution < -0.4 is 10.6 Å². The number of amides is 2. The highest BCUT2D eigenvalue weighted by Gasteiger charge is 2.19. The van der Waals surface area contributed by atoms with Gasteiger partial charge in [0.25, 0.3) is 5.91 Å². The van der Waals surface area contributed by atoms with E-state index in [9.17, 15) is 18.0 Å². The molecule has 2 amide bonds. The Balaban J connectivity index is 1.36. The molecule has 1 aliphatic heterocycles. The molecule has 0 saturated carbocycles. The third-order valence-electron chi connectivity index (χ3n) is 5.20. The standard InChI is InChI=1S/C23H25N5O5S2/c1-14-9-17(10-15(2)33-14)18-5-4-6-19(25-18)20-13-34-23(26-20)27-21(29)11-24-22(30)16-7-8-28(12-16)35(3,31)32/h4-9,12-15H,10-11H2,1-3H3,(H,24,30)(H,26,27,29)/t14-,15+/m0/s1. The topological polar surface area (TPSA) is 132 Å². The minimum absolute atomic E-state index is 0.0281. The minimum Gasteiger partial charge on any atom is -0.371 e. The van der Waals surface area contributed by atoms with Crippen molar-refractivity contribution in [2.24, 2.45) is 0 Å². The number of nitrogens with one attached hydrogen (secondary N) is 2. The minimum atomic E-state index is -3.49. The van der Waals surface area contributed by atoms with Crippen LogP contribution in [-0.2, 0) is 19.6 Å². The molecule has 12 heteroatoms. The Bertz CT molecular complexity index is 1390. The highest BCUT2D eigenvalue weighted by Crippen LogP contribution is 2.29. The molecule has 0 unspecified atom stereocenters. The maximum absolute atomic E-state index is 12.3. The fourth-order valence-corrected chi connectivity index (χ4v) is 4.96. The number of nitrogens with zero attached hydrogens (tertiary/aromatic N) is 3. The summed E-state index contributed by atoms with van der Waals surface area (Å²) in [7, 11) is -3.49. The Labute approximate surface area is 207 Å². The predicted octanol–water partition coefficient (Wildman–Crippen LogP) is 2.76. The number of carbonyl (C=O) groups is 2. The van der Waals surface area contributed by atoms with Crippen molar-refractivity contribution in [3.05, 3.63) is 59.4 Å². The van der Waals surface area contributed by atoms with Crippen LogP contribution in [0.15, 0.2) is 48.1 Å². The lowest BCUT2D eigenvalue weighted by molar-refractivity contribution is -0.115. The van der Waals surface area contributed by atoms with Gasteiger partial charge in [0.1, 0.15) is 5.69 Å². The lowest BCUT2D eigenvalue weighted by Crippen LogP contribution is -2.32. The number of thiazole rings is 1. The molecule has 0 radical (unpaired) electrons. The number of carbonyl (C=O) groups excluding carboxylic acids is 2. The van der Waals surface area contributed by atoms with E-state index in [4.69, 9.17) is 9.72 Å². The summed E-state index contributed by atoms with van der Waals surface area (Å²) in [6.07, 6.45) is 6.49. The summed E-state index contributed by atoms with van der Waals surface area (Å²) >= 11 is 1.25. The molecule has 1 aliphatic rings. The Kier molecular flexibility index (Phi) is 7.15. The molecular formula is C23H25N5O5S2. The Morgan fingerprint density at radius 2 is 1.94 bits per heavy atom. The molecule has 184 valence electrons. The molecule has 3 aromatic rings. The van der Waals surface area contributed by atoms with E-state index in [1.807, 2.05) is 32.0 Å². The van der Waals surface area contributed by atoms with Crippen molar-refractivity contribution in [3.8, 4) is 11.4 Å². The van der Waals surface area contributed by atoms with Crippen LogP contribution in [0.1, 0.15) is 36.3 Å². The smallest absolute Gasteiger partial charge is 0.253 e. The van der Waals surface area contributed by atoms with Crippen molar-refractivity contribution in [3.63, 3.8) is 0 Å². The average molecular weight is 516 g/mol. The van der Waals surface area contributed by atoms with Gasteiger partial charge < -0.3 is 15.4 Å². The summed E-state index contributed by atoms with van der Waals surface area (Å²) in [4.78, 5) is 33.7. The zero-order valence-corrected chi connectivity index (χ0v) is 21.0. The summed E-state index contributed by atoms with van der Waals surface area (Å²) in [5.74, 6) is -1.02. The molecule has 0 saturated heterocycles. The molecule has 0 aliphatic carbocycles. The molecule has 35 heavy (non-hydrogen) atoms. The van der Waals surface area contributed by atoms with E-state index >= 15 is 0 Å². The lowest BCUT2D eigenvalue weighted by atomic mass is 10.00. The number of anilines is 1. The van der Waals surface area contributed by atoms with E-state index in [0.717, 1.165) is 27.9 Å². The predicted molar refractivity (Wildman–Crippen MR) is 134 cm³/mol. The highest BCUT2D eigenvalue weighted by atomic mass is 32.2. The summed E-state index contributed by atoms with van der Waals surface area (Å²) in [6.45, 7) is 3.75. The Hall–Kier alpha value is -3.35. The molecule has 10 nitrogen and oxygen atoms in total. The summed E-state index contributed by atoms with van der Waals surface area (Å²) in [5, 5.41) is 7.30. The van der Waals surface area contributed by atoms with Crippen LogP contribution in [0.2, 0.25) is 0 Å². The van der Waals surface area contributed by atoms with E-state index in [-0.39, 0.29) is 24.3 Å². The monoisotopic (exact) mass is 515 g/mol. The molecule has 4 heterocycles. The van der Waals surface area contributed by atoms with Crippen molar-refractivity contribution in [2.75, 3.05) is 18.1 Å². The average Bonchev–Trinajstić information content (AvgIpc) is 3.47. The maximum Gasteiger partial charge on any atom is 0.253 e. The van der Waals surface area contributed by atoms with Crippen LogP contribution in [0.3, 0.4) is 0 Å². The number of pyridine rings is 1. The molecule has 0 bridgehead atoms. The summed E-state index contributed by atoms with van der Waals surface area (Å²) in [5.41, 5.74) is 3.46. The number of aromatic nitrogens is 3. The number of hydrogen-bond acceptors (Lipinski definition) is 8. The van der Waals surface area contributed by atoms with Gasteiger partial charge in [0, 0.05) is 24.2 Å². The second-order valence-corrected chi connectivity index (χ2v) is 11.0. The first kappa shape index (κ1) is 24.8. The van der Waals surface area contributed by atoms with Crippen LogP contribution in [-0.4, -0.2) is 59.2 Å². The molecule has 3 aromatic heterocycles. The molecule has 0 spiro atoms. The van der Waals surface area contributed by atoms with Crippen molar-refractivity contribution in [1.29, 1.82) is 0 Å². The van der Waals surface area contributed by atoms with Gasteiger partial charge >= 0.3 is 0 Å². The molecule has 0 fully saturated rings. The van der Waals surface area contributed by atoms with Gasteiger partial charge in [-0.1, -0.05) is 12.1 Å². The van der Waals surface area contributed by atoms with Crippen molar-refractivity contribution in [2.45, 2.75) is 32.5 Å². The van der Waals surface area contributed by atoms with Crippen molar-refractivity contribution < 1.29 is 22.7 Å². The second kappa shape index (κ2) is 10.1. The summed E-state index contributed by atoms with van der Waals surface area (Å²) in [6, 6.07) is 7.11. The molecule has 4 rings (SSSR count). The maximum atomic E-state index is 12.3. The number of hydrogen-bond donors (Lipinski definition) is 2. The SMILES string of the molecule is C[C@@H]1CC(c2cccc(-c3csc(NC(=O)CNC(=O)c4ccn(S(C)(=O)=O)c4)n3)n2)=C[C@H](C)O1. The van der Waals surface area contributed by atoms with E-state index in [1.165, 1.54) is 29.8 Å². The van der Waals surface area contributed by atoms with Crippen LogP contribution in [0.25, 0.3) is 17.0 Å². The fraction of sp³-hybridized carbons (Fsp3) is 0.304. The molecule has 0 aromatic carbocycles. The van der Waals surface area contributed by atoms with E-state index in [2.05, 4.69) is 21.7 Å². The van der Waals surface area contributed by atoms with Crippen LogP contribution in [0.5, 0.6) is 0 Å². The molecular weight excluding hydrogens is 490 g/mol. The van der Waals surface area contributed by atoms with Crippen LogP contribution in [0.4, 0.5) is 5.13 Å². The first-order valence-electron chi connectivity index (χ1n) is 10.8. The van der Waals surface area contributed by atoms with Crippen molar-refractivity contribution >= 4 is 43.9 Å². The number of rotatable bonds is 7. The van der Waals surface area contributed by atoms with Gasteiger partial charge in [-0.2, -0.15) is 0 Å². The first-order chi connectivity index (χ1) is 16.6. The Morgan fingerprint density at radius 1 is 1.17 bits per heavy atom. The third kappa shape index (κ3) is 6.21. The molecule has 2 N–H and O–H groups in total. The van der Waals surface area contributed by atoms with Gasteiger partial charge in [-0.25, -0.2) is 18.4 Å². The van der Waals surface area contributed by atoms with E-state index in [1.54, 1.807) is 5.38 Å². The quantitative estimate of drug-likeness (QED) is 0.494. The first-order valence-corrected chi connectivity index (χ1v) is 13.6. The van der Waals surface area contributed by atoms with Gasteiger partial charge in [-0.3, -0.25) is 13.6 Å². The largest absolute Gasteiger partial charge is 0.371 e. The van der Waals surface area contributed by atoms with E-state index < -0.39 is 21.8 Å². The summed E-state index contributed by atoms with van der Waals surface area (Å²) < 4.78 is 29.7. The van der Waals surface area contributed by atoms with Crippen molar-refractivity contribution in [1.82, 2.24) is 19.3 Å². The normalized spacial score (nSPS) is 18.1. The van der Waals surface area contributed by atoms with Crippen LogP contribution in [0, 0.1) is 0 Å². The van der Waals surface area contributed by atoms with Gasteiger partial charge in [0.05, 0.1) is 42.0 Å². The molecule has 2 atom stereocenters. The van der Waals surface area contributed by atoms with Gasteiger partial charge in [0.2, 0.25) is 15.9 Å². The van der Waals surface area contributed by atoms with Crippen LogP contribution >= 0.6 is 11.3 Å². The highest BCUT2D eigenvalue weighted by molar-refractivity contribution is 7.89. The van der Waals surface area contributed by atoms with Gasteiger partial charge in [-0.15, -0.1) is 11.3 Å².